The second-order valence-electron chi connectivity index (χ2n) is 7.50. The van der Waals surface area contributed by atoms with Gasteiger partial charge in [0.05, 0.1) is 10.6 Å². The average molecular weight is 446 g/mol. The molecule has 0 saturated carbocycles. The summed E-state index contributed by atoms with van der Waals surface area (Å²) in [6.07, 6.45) is 0. The van der Waals surface area contributed by atoms with Gasteiger partial charge in [0.1, 0.15) is 12.4 Å². The first kappa shape index (κ1) is 20.0. The summed E-state index contributed by atoms with van der Waals surface area (Å²) in [5.41, 5.74) is 6.25. The van der Waals surface area contributed by atoms with Gasteiger partial charge in [-0.3, -0.25) is 14.4 Å². The van der Waals surface area contributed by atoms with Crippen molar-refractivity contribution < 1.29 is 13.2 Å². The van der Waals surface area contributed by atoms with Gasteiger partial charge in [-0.15, -0.1) is 0 Å². The quantitative estimate of drug-likeness (QED) is 0.644. The molecule has 0 spiro atoms. The summed E-state index contributed by atoms with van der Waals surface area (Å²) in [6.45, 7) is 1.99. The van der Waals surface area contributed by atoms with Crippen LogP contribution >= 0.6 is 0 Å². The molecule has 32 heavy (non-hydrogen) atoms. The molecule has 2 N–H and O–H groups in total. The van der Waals surface area contributed by atoms with Crippen molar-refractivity contribution >= 4 is 39.0 Å². The van der Waals surface area contributed by atoms with Crippen LogP contribution in [0.1, 0.15) is 16.7 Å². The number of aliphatic imine (C=N–C) groups is 1. The third kappa shape index (κ3) is 3.63. The molecule has 0 bridgehead atoms. The first-order chi connectivity index (χ1) is 15.4. The normalized spacial score (nSPS) is 15.2. The maximum Gasteiger partial charge on any atom is 0.261 e. The van der Waals surface area contributed by atoms with Crippen molar-refractivity contribution in [2.24, 2.45) is 10.1 Å². The van der Waals surface area contributed by atoms with Crippen molar-refractivity contribution in [2.45, 2.75) is 11.8 Å². The van der Waals surface area contributed by atoms with Crippen molar-refractivity contribution in [3.63, 3.8) is 0 Å². The van der Waals surface area contributed by atoms with Crippen LogP contribution in [0.25, 0.3) is 0 Å². The fraction of sp³-hybridized carbons (Fsp3) is 0.0870. The molecule has 9 heteroatoms. The topological polar surface area (TPSA) is 103 Å². The highest BCUT2D eigenvalue weighted by Gasteiger charge is 2.31. The zero-order valence-corrected chi connectivity index (χ0v) is 17.9. The number of carbonyl (C=O) groups excluding carboxylic acids is 1. The number of hydrogen-bond acceptors (Lipinski definition) is 6. The van der Waals surface area contributed by atoms with Gasteiger partial charge >= 0.3 is 0 Å². The van der Waals surface area contributed by atoms with E-state index in [9.17, 15) is 13.2 Å². The molecule has 0 fully saturated rings. The number of rotatable bonds is 4. The molecule has 3 aromatic rings. The number of para-hydroxylation sites is 1. The summed E-state index contributed by atoms with van der Waals surface area (Å²) in [7, 11) is -3.70. The predicted octanol–water partition coefficient (Wildman–Crippen LogP) is 2.98. The smallest absolute Gasteiger partial charge is 0.261 e. The SMILES string of the molecule is Cc1ccc(S(=O)(=O)Nc2ccc(C3=Nc4ccccc4C4=NNC(=O)CN34)cc2)cc1. The first-order valence-electron chi connectivity index (χ1n) is 9.93. The Morgan fingerprint density at radius 3 is 2.41 bits per heavy atom. The fourth-order valence-corrected chi connectivity index (χ4v) is 4.64. The largest absolute Gasteiger partial charge is 0.299 e. The van der Waals surface area contributed by atoms with E-state index in [0.29, 0.717) is 17.4 Å². The molecule has 160 valence electrons. The van der Waals surface area contributed by atoms with Gasteiger partial charge in [0, 0.05) is 16.8 Å². The molecule has 0 aromatic heterocycles. The van der Waals surface area contributed by atoms with E-state index in [2.05, 4.69) is 15.2 Å². The van der Waals surface area contributed by atoms with Gasteiger partial charge in [0.15, 0.2) is 5.84 Å². The Hall–Kier alpha value is -3.98. The number of hydrazone groups is 1. The van der Waals surface area contributed by atoms with Gasteiger partial charge in [0.25, 0.3) is 15.9 Å². The molecular formula is C23H19N5O3S. The lowest BCUT2D eigenvalue weighted by atomic mass is 10.1. The minimum Gasteiger partial charge on any atom is -0.299 e. The van der Waals surface area contributed by atoms with Crippen LogP contribution in [0, 0.1) is 6.92 Å². The Morgan fingerprint density at radius 1 is 0.938 bits per heavy atom. The van der Waals surface area contributed by atoms with Crippen LogP contribution in [-0.4, -0.2) is 37.4 Å². The first-order valence-corrected chi connectivity index (χ1v) is 11.4. The highest BCUT2D eigenvalue weighted by Crippen LogP contribution is 2.29. The number of fused-ring (bicyclic) bond motifs is 3. The highest BCUT2D eigenvalue weighted by atomic mass is 32.2. The maximum absolute atomic E-state index is 12.7. The maximum atomic E-state index is 12.7. The molecule has 2 heterocycles. The van der Waals surface area contributed by atoms with Crippen molar-refractivity contribution in [3.05, 3.63) is 89.5 Å². The third-order valence-corrected chi connectivity index (χ3v) is 6.59. The van der Waals surface area contributed by atoms with E-state index in [-0.39, 0.29) is 17.3 Å². The molecule has 2 aliphatic rings. The van der Waals surface area contributed by atoms with Crippen molar-refractivity contribution in [2.75, 3.05) is 11.3 Å². The zero-order valence-electron chi connectivity index (χ0n) is 17.1. The summed E-state index contributed by atoms with van der Waals surface area (Å²) < 4.78 is 27.9. The Morgan fingerprint density at radius 2 is 1.66 bits per heavy atom. The second-order valence-corrected chi connectivity index (χ2v) is 9.19. The Balaban J connectivity index is 1.46. The molecule has 0 saturated heterocycles. The summed E-state index contributed by atoms with van der Waals surface area (Å²) in [5.74, 6) is 0.961. The van der Waals surface area contributed by atoms with Crippen LogP contribution in [0.3, 0.4) is 0 Å². The van der Waals surface area contributed by atoms with Crippen molar-refractivity contribution in [1.29, 1.82) is 0 Å². The number of carbonyl (C=O) groups is 1. The molecule has 3 aromatic carbocycles. The molecule has 0 radical (unpaired) electrons. The van der Waals surface area contributed by atoms with Crippen LogP contribution in [-0.2, 0) is 14.8 Å². The van der Waals surface area contributed by atoms with Gasteiger partial charge in [-0.25, -0.2) is 18.8 Å². The van der Waals surface area contributed by atoms with E-state index in [0.717, 1.165) is 22.4 Å². The molecule has 2 aliphatic heterocycles. The van der Waals surface area contributed by atoms with Gasteiger partial charge in [-0.05, 0) is 55.5 Å². The number of benzene rings is 3. The number of sulfonamides is 1. The summed E-state index contributed by atoms with van der Waals surface area (Å²) in [5, 5.41) is 4.23. The van der Waals surface area contributed by atoms with Gasteiger partial charge < -0.3 is 0 Å². The van der Waals surface area contributed by atoms with Crippen LogP contribution in [0.4, 0.5) is 11.4 Å². The number of aryl methyl sites for hydroxylation is 1. The number of hydrogen-bond donors (Lipinski definition) is 2. The highest BCUT2D eigenvalue weighted by molar-refractivity contribution is 7.92. The van der Waals surface area contributed by atoms with E-state index >= 15 is 0 Å². The number of anilines is 1. The molecule has 0 atom stereocenters. The summed E-state index contributed by atoms with van der Waals surface area (Å²) >= 11 is 0. The van der Waals surface area contributed by atoms with E-state index in [1.807, 2.05) is 31.2 Å². The number of nitrogens with zero attached hydrogens (tertiary/aromatic N) is 3. The molecule has 0 unspecified atom stereocenters. The molecule has 1 amide bonds. The van der Waals surface area contributed by atoms with Crippen LogP contribution in [0.15, 0.2) is 87.8 Å². The van der Waals surface area contributed by atoms with Crippen LogP contribution < -0.4 is 10.1 Å². The minimum absolute atomic E-state index is 0.0911. The molecule has 0 aliphatic carbocycles. The standard InChI is InChI=1S/C23H19N5O3S/c1-15-6-12-18(13-7-15)32(30,31)27-17-10-8-16(9-11-17)22-24-20-5-3-2-4-19(20)23-26-25-21(29)14-28(22)23/h2-13,27H,14H2,1H3,(H,25,29). The van der Waals surface area contributed by atoms with Crippen LogP contribution in [0.5, 0.6) is 0 Å². The monoisotopic (exact) mass is 445 g/mol. The predicted molar refractivity (Wildman–Crippen MR) is 122 cm³/mol. The minimum atomic E-state index is -3.70. The lowest BCUT2D eigenvalue weighted by molar-refractivity contribution is -0.121. The van der Waals surface area contributed by atoms with Gasteiger partial charge in [0.2, 0.25) is 0 Å². The lowest BCUT2D eigenvalue weighted by Crippen LogP contribution is -2.50. The summed E-state index contributed by atoms with van der Waals surface area (Å²) in [6, 6.07) is 21.1. The van der Waals surface area contributed by atoms with E-state index in [4.69, 9.17) is 4.99 Å². The van der Waals surface area contributed by atoms with Crippen LogP contribution in [0.2, 0.25) is 0 Å². The molecule has 5 rings (SSSR count). The van der Waals surface area contributed by atoms with Crippen molar-refractivity contribution in [1.82, 2.24) is 10.3 Å². The molecule has 8 nitrogen and oxygen atoms in total. The Kier molecular flexibility index (Phi) is 4.75. The Bertz CT molecular complexity index is 1380. The lowest BCUT2D eigenvalue weighted by Gasteiger charge is -2.33. The fourth-order valence-electron chi connectivity index (χ4n) is 3.58. The summed E-state index contributed by atoms with van der Waals surface area (Å²) in [4.78, 5) is 18.7. The van der Waals surface area contributed by atoms with E-state index in [1.165, 1.54) is 0 Å². The number of nitrogens with one attached hydrogen (secondary N) is 2. The second kappa shape index (κ2) is 7.61. The van der Waals surface area contributed by atoms with E-state index < -0.39 is 10.0 Å². The van der Waals surface area contributed by atoms with Crippen molar-refractivity contribution in [3.8, 4) is 0 Å². The Labute approximate surface area is 185 Å². The number of amidine groups is 2. The number of amides is 1. The third-order valence-electron chi connectivity index (χ3n) is 5.20. The zero-order chi connectivity index (χ0) is 22.3. The molecular weight excluding hydrogens is 426 g/mol. The van der Waals surface area contributed by atoms with Gasteiger partial charge in [-0.1, -0.05) is 29.8 Å². The van der Waals surface area contributed by atoms with E-state index in [1.54, 1.807) is 53.4 Å². The van der Waals surface area contributed by atoms with Gasteiger partial charge in [-0.2, -0.15) is 5.10 Å². The average Bonchev–Trinajstić information content (AvgIpc) is 2.79.